The highest BCUT2D eigenvalue weighted by Gasteiger charge is 2.08. The van der Waals surface area contributed by atoms with Crippen molar-refractivity contribution in [3.8, 4) is 11.4 Å². The lowest BCUT2D eigenvalue weighted by Gasteiger charge is -2.08. The molecule has 2 aromatic heterocycles. The predicted molar refractivity (Wildman–Crippen MR) is 78.1 cm³/mol. The zero-order valence-corrected chi connectivity index (χ0v) is 10.3. The molecule has 0 fully saturated rings. The molecule has 0 atom stereocenters. The molecular weight excluding hydrogens is 232 g/mol. The van der Waals surface area contributed by atoms with Gasteiger partial charge in [-0.25, -0.2) is 4.98 Å². The van der Waals surface area contributed by atoms with Gasteiger partial charge in [0.1, 0.15) is 5.82 Å². The van der Waals surface area contributed by atoms with Gasteiger partial charge in [0.2, 0.25) is 0 Å². The van der Waals surface area contributed by atoms with Crippen molar-refractivity contribution in [3.63, 3.8) is 0 Å². The molecule has 2 heterocycles. The Bertz CT molecular complexity index is 860. The summed E-state index contributed by atoms with van der Waals surface area (Å²) < 4.78 is 2.15. The summed E-state index contributed by atoms with van der Waals surface area (Å²) in [6.45, 7) is 0. The van der Waals surface area contributed by atoms with Gasteiger partial charge in [-0.15, -0.1) is 0 Å². The molecule has 0 radical (unpaired) electrons. The summed E-state index contributed by atoms with van der Waals surface area (Å²) in [6.07, 6.45) is 2.07. The van der Waals surface area contributed by atoms with E-state index in [2.05, 4.69) is 53.1 Å². The van der Waals surface area contributed by atoms with E-state index in [-0.39, 0.29) is 0 Å². The number of para-hydroxylation sites is 1. The number of fused-ring (bicyclic) bond motifs is 3. The molecular formula is C17H12N2. The molecule has 4 aromatic rings. The quantitative estimate of drug-likeness (QED) is 0.491. The van der Waals surface area contributed by atoms with E-state index < -0.39 is 0 Å². The fourth-order valence-corrected chi connectivity index (χ4v) is 2.53. The van der Waals surface area contributed by atoms with E-state index in [1.165, 1.54) is 10.9 Å². The number of aromatic nitrogens is 2. The van der Waals surface area contributed by atoms with Crippen LogP contribution in [0.3, 0.4) is 0 Å². The van der Waals surface area contributed by atoms with Crippen molar-refractivity contribution in [1.29, 1.82) is 0 Å². The van der Waals surface area contributed by atoms with E-state index in [9.17, 15) is 0 Å². The molecule has 0 N–H and O–H groups in total. The van der Waals surface area contributed by atoms with E-state index in [4.69, 9.17) is 4.98 Å². The predicted octanol–water partition coefficient (Wildman–Crippen LogP) is 4.15. The highest BCUT2D eigenvalue weighted by atomic mass is 15.0. The van der Waals surface area contributed by atoms with Gasteiger partial charge < -0.3 is 4.40 Å². The third-order valence-corrected chi connectivity index (χ3v) is 3.42. The zero-order valence-electron chi connectivity index (χ0n) is 10.3. The highest BCUT2D eigenvalue weighted by molar-refractivity contribution is 5.95. The maximum Gasteiger partial charge on any atom is 0.145 e. The lowest BCUT2D eigenvalue weighted by Crippen LogP contribution is -1.95. The first-order valence-corrected chi connectivity index (χ1v) is 6.35. The van der Waals surface area contributed by atoms with Crippen LogP contribution in [0.25, 0.3) is 27.8 Å². The monoisotopic (exact) mass is 244 g/mol. The number of nitrogens with zero attached hydrogens (tertiary/aromatic N) is 2. The molecule has 2 aromatic carbocycles. The van der Waals surface area contributed by atoms with Crippen LogP contribution in [0.4, 0.5) is 0 Å². The van der Waals surface area contributed by atoms with Gasteiger partial charge >= 0.3 is 0 Å². The molecule has 0 aliphatic rings. The molecule has 19 heavy (non-hydrogen) atoms. The van der Waals surface area contributed by atoms with Crippen LogP contribution in [-0.4, -0.2) is 9.38 Å². The van der Waals surface area contributed by atoms with Gasteiger partial charge in [0.25, 0.3) is 0 Å². The second kappa shape index (κ2) is 3.95. The van der Waals surface area contributed by atoms with Crippen LogP contribution in [0.1, 0.15) is 0 Å². The van der Waals surface area contributed by atoms with Crippen LogP contribution in [0.15, 0.2) is 72.9 Å². The van der Waals surface area contributed by atoms with Crippen LogP contribution in [0.2, 0.25) is 0 Å². The van der Waals surface area contributed by atoms with Crippen molar-refractivity contribution in [3.05, 3.63) is 72.9 Å². The van der Waals surface area contributed by atoms with E-state index in [0.29, 0.717) is 0 Å². The van der Waals surface area contributed by atoms with Crippen molar-refractivity contribution < 1.29 is 0 Å². The molecule has 2 nitrogen and oxygen atoms in total. The SMILES string of the molecule is c1ccc(-c2nc3ccccc3c3cccn23)cc1. The third-order valence-electron chi connectivity index (χ3n) is 3.42. The minimum atomic E-state index is 0.985. The molecule has 2 heteroatoms. The topological polar surface area (TPSA) is 17.3 Å². The summed E-state index contributed by atoms with van der Waals surface area (Å²) in [7, 11) is 0. The van der Waals surface area contributed by atoms with Gasteiger partial charge in [-0.3, -0.25) is 0 Å². The summed E-state index contributed by atoms with van der Waals surface area (Å²) in [5.41, 5.74) is 3.37. The molecule has 0 saturated carbocycles. The smallest absolute Gasteiger partial charge is 0.145 e. The second-order valence-electron chi connectivity index (χ2n) is 4.58. The molecule has 0 aliphatic carbocycles. The number of benzene rings is 2. The molecule has 0 spiro atoms. The fraction of sp³-hybridized carbons (Fsp3) is 0. The highest BCUT2D eigenvalue weighted by Crippen LogP contribution is 2.25. The first-order valence-electron chi connectivity index (χ1n) is 6.35. The summed E-state index contributed by atoms with van der Waals surface area (Å²) in [6, 6.07) is 22.8. The summed E-state index contributed by atoms with van der Waals surface area (Å²) in [5.74, 6) is 0.985. The Morgan fingerprint density at radius 3 is 2.42 bits per heavy atom. The van der Waals surface area contributed by atoms with E-state index >= 15 is 0 Å². The Labute approximate surface area is 111 Å². The number of rotatable bonds is 1. The van der Waals surface area contributed by atoms with Gasteiger partial charge in [0, 0.05) is 17.1 Å². The van der Waals surface area contributed by atoms with Gasteiger partial charge in [-0.05, 0) is 18.2 Å². The number of hydrogen-bond acceptors (Lipinski definition) is 1. The van der Waals surface area contributed by atoms with Crippen molar-refractivity contribution in [1.82, 2.24) is 9.38 Å². The normalized spacial score (nSPS) is 11.2. The molecule has 0 unspecified atom stereocenters. The van der Waals surface area contributed by atoms with Crippen molar-refractivity contribution in [2.24, 2.45) is 0 Å². The summed E-state index contributed by atoms with van der Waals surface area (Å²) >= 11 is 0. The van der Waals surface area contributed by atoms with Crippen molar-refractivity contribution in [2.75, 3.05) is 0 Å². The minimum Gasteiger partial charge on any atom is -0.301 e. The zero-order chi connectivity index (χ0) is 12.7. The molecule has 90 valence electrons. The molecule has 0 saturated heterocycles. The van der Waals surface area contributed by atoms with E-state index in [1.807, 2.05) is 24.3 Å². The summed E-state index contributed by atoms with van der Waals surface area (Å²) in [4.78, 5) is 4.81. The van der Waals surface area contributed by atoms with Crippen LogP contribution in [0, 0.1) is 0 Å². The van der Waals surface area contributed by atoms with Crippen LogP contribution in [-0.2, 0) is 0 Å². The third kappa shape index (κ3) is 1.54. The standard InChI is InChI=1S/C17H12N2/c1-2-7-13(8-3-1)17-18-15-10-5-4-9-14(15)16-11-6-12-19(16)17/h1-12H. The van der Waals surface area contributed by atoms with Gasteiger partial charge in [-0.1, -0.05) is 48.5 Å². The van der Waals surface area contributed by atoms with Gasteiger partial charge in [0.15, 0.2) is 0 Å². The lowest BCUT2D eigenvalue weighted by atomic mass is 10.1. The van der Waals surface area contributed by atoms with Gasteiger partial charge in [-0.2, -0.15) is 0 Å². The number of hydrogen-bond donors (Lipinski definition) is 0. The van der Waals surface area contributed by atoms with Crippen LogP contribution in [0.5, 0.6) is 0 Å². The summed E-state index contributed by atoms with van der Waals surface area (Å²) in [5, 5.41) is 1.19. The van der Waals surface area contributed by atoms with Crippen molar-refractivity contribution >= 4 is 16.4 Å². The Hall–Kier alpha value is -2.61. The Morgan fingerprint density at radius 2 is 1.53 bits per heavy atom. The van der Waals surface area contributed by atoms with E-state index in [1.54, 1.807) is 0 Å². The molecule has 0 amide bonds. The maximum atomic E-state index is 4.81. The Kier molecular flexibility index (Phi) is 2.15. The molecule has 0 bridgehead atoms. The average molecular weight is 244 g/mol. The fourth-order valence-electron chi connectivity index (χ4n) is 2.53. The Balaban J connectivity index is 2.17. The minimum absolute atomic E-state index is 0.985. The van der Waals surface area contributed by atoms with Crippen LogP contribution < -0.4 is 0 Å². The Morgan fingerprint density at radius 1 is 0.737 bits per heavy atom. The second-order valence-corrected chi connectivity index (χ2v) is 4.58. The average Bonchev–Trinajstić information content (AvgIpc) is 2.97. The maximum absolute atomic E-state index is 4.81. The molecule has 4 rings (SSSR count). The van der Waals surface area contributed by atoms with Crippen molar-refractivity contribution in [2.45, 2.75) is 0 Å². The van der Waals surface area contributed by atoms with Crippen LogP contribution >= 0.6 is 0 Å². The first kappa shape index (κ1) is 10.3. The molecule has 0 aliphatic heterocycles. The first-order chi connectivity index (χ1) is 9.43. The van der Waals surface area contributed by atoms with E-state index in [0.717, 1.165) is 16.9 Å². The van der Waals surface area contributed by atoms with Gasteiger partial charge in [0.05, 0.1) is 11.0 Å². The lowest BCUT2D eigenvalue weighted by molar-refractivity contribution is 1.14. The largest absolute Gasteiger partial charge is 0.301 e.